The number of amides is 2. The average Bonchev–Trinajstić information content (AvgIpc) is 3.02. The molecule has 1 aromatic heterocycles. The Morgan fingerprint density at radius 3 is 2.88 bits per heavy atom. The third-order valence-electron chi connectivity index (χ3n) is 3.04. The maximum atomic E-state index is 12.0. The van der Waals surface area contributed by atoms with Gasteiger partial charge in [0.25, 0.3) is 5.91 Å². The molecule has 2 amide bonds. The van der Waals surface area contributed by atoms with Gasteiger partial charge in [0.15, 0.2) is 11.5 Å². The number of benzene rings is 1. The first-order valence-electron chi connectivity index (χ1n) is 7.11. The minimum absolute atomic E-state index is 0.0719. The molecular formula is C14H15N5O4S. The van der Waals surface area contributed by atoms with Crippen molar-refractivity contribution in [3.63, 3.8) is 0 Å². The lowest BCUT2D eigenvalue weighted by molar-refractivity contribution is -0.134. The molecule has 0 spiro atoms. The second-order valence-electron chi connectivity index (χ2n) is 4.89. The molecule has 24 heavy (non-hydrogen) atoms. The zero-order valence-corrected chi connectivity index (χ0v) is 13.6. The van der Waals surface area contributed by atoms with Crippen molar-refractivity contribution < 1.29 is 19.1 Å². The zero-order valence-electron chi connectivity index (χ0n) is 12.7. The van der Waals surface area contributed by atoms with Crippen LogP contribution in [0.4, 0.5) is 0 Å². The molecule has 3 rings (SSSR count). The van der Waals surface area contributed by atoms with Crippen molar-refractivity contribution in [2.24, 2.45) is 0 Å². The third-order valence-corrected chi connectivity index (χ3v) is 3.88. The van der Waals surface area contributed by atoms with E-state index in [2.05, 4.69) is 26.0 Å². The lowest BCUT2D eigenvalue weighted by atomic mass is 10.2. The number of hydrazine groups is 1. The second-order valence-corrected chi connectivity index (χ2v) is 5.84. The van der Waals surface area contributed by atoms with E-state index in [0.717, 1.165) is 11.8 Å². The summed E-state index contributed by atoms with van der Waals surface area (Å²) in [6, 6.07) is 7.07. The number of thioether (sulfide) groups is 1. The maximum absolute atomic E-state index is 12.0. The van der Waals surface area contributed by atoms with E-state index in [0.29, 0.717) is 22.5 Å². The average molecular weight is 349 g/mol. The molecule has 0 radical (unpaired) electrons. The van der Waals surface area contributed by atoms with Crippen LogP contribution >= 0.6 is 11.8 Å². The fourth-order valence-electron chi connectivity index (χ4n) is 1.91. The van der Waals surface area contributed by atoms with Crippen molar-refractivity contribution in [3.8, 4) is 11.5 Å². The van der Waals surface area contributed by atoms with Crippen LogP contribution in [-0.2, 0) is 9.59 Å². The third kappa shape index (κ3) is 3.96. The summed E-state index contributed by atoms with van der Waals surface area (Å²) >= 11 is 1.15. The Kier molecular flexibility index (Phi) is 4.85. The van der Waals surface area contributed by atoms with Gasteiger partial charge in [-0.25, -0.2) is 4.98 Å². The van der Waals surface area contributed by atoms with E-state index in [-0.39, 0.29) is 18.3 Å². The predicted octanol–water partition coefficient (Wildman–Crippen LogP) is 0.193. The van der Waals surface area contributed by atoms with Gasteiger partial charge < -0.3 is 9.47 Å². The van der Waals surface area contributed by atoms with Gasteiger partial charge in [-0.15, -0.1) is 5.10 Å². The second kappa shape index (κ2) is 7.21. The highest BCUT2D eigenvalue weighted by Gasteiger charge is 2.27. The van der Waals surface area contributed by atoms with Crippen molar-refractivity contribution in [1.82, 2.24) is 26.0 Å². The van der Waals surface area contributed by atoms with E-state index >= 15 is 0 Å². The summed E-state index contributed by atoms with van der Waals surface area (Å²) in [5.74, 6) is 0.947. The Hall–Kier alpha value is -2.75. The predicted molar refractivity (Wildman–Crippen MR) is 84.5 cm³/mol. The van der Waals surface area contributed by atoms with Crippen LogP contribution in [0.5, 0.6) is 11.5 Å². The van der Waals surface area contributed by atoms with Gasteiger partial charge in [0.2, 0.25) is 17.2 Å². The molecule has 126 valence electrons. The molecule has 2 aromatic rings. The van der Waals surface area contributed by atoms with Crippen molar-refractivity contribution in [2.75, 3.05) is 12.4 Å². The molecule has 2 heterocycles. The molecule has 1 aliphatic rings. The molecule has 1 aliphatic heterocycles. The molecule has 0 aliphatic carbocycles. The van der Waals surface area contributed by atoms with E-state index in [9.17, 15) is 9.59 Å². The van der Waals surface area contributed by atoms with Gasteiger partial charge in [-0.3, -0.25) is 25.5 Å². The minimum atomic E-state index is -0.830. The van der Waals surface area contributed by atoms with Crippen LogP contribution in [0, 0.1) is 6.92 Å². The van der Waals surface area contributed by atoms with E-state index < -0.39 is 12.0 Å². The fraction of sp³-hybridized carbons (Fsp3) is 0.286. The zero-order chi connectivity index (χ0) is 16.9. The number of fused-ring (bicyclic) bond motifs is 1. The SMILES string of the molecule is Cc1nc(SCC(=O)NNC(=O)[C@@H]2COc3ccccc3O2)n[nH]1. The monoisotopic (exact) mass is 349 g/mol. The highest BCUT2D eigenvalue weighted by Crippen LogP contribution is 2.30. The van der Waals surface area contributed by atoms with Crippen LogP contribution in [0.2, 0.25) is 0 Å². The Morgan fingerprint density at radius 2 is 2.12 bits per heavy atom. The first kappa shape index (κ1) is 16.1. The van der Waals surface area contributed by atoms with Crippen LogP contribution in [0.25, 0.3) is 0 Å². The van der Waals surface area contributed by atoms with Crippen LogP contribution < -0.4 is 20.3 Å². The molecule has 0 fully saturated rings. The summed E-state index contributed by atoms with van der Waals surface area (Å²) in [4.78, 5) is 27.8. The van der Waals surface area contributed by atoms with Crippen LogP contribution in [0.1, 0.15) is 5.82 Å². The van der Waals surface area contributed by atoms with E-state index in [4.69, 9.17) is 9.47 Å². The van der Waals surface area contributed by atoms with Crippen molar-refractivity contribution in [1.29, 1.82) is 0 Å². The summed E-state index contributed by atoms with van der Waals surface area (Å²) < 4.78 is 11.0. The molecule has 3 N–H and O–H groups in total. The Labute approximate surface area is 141 Å². The van der Waals surface area contributed by atoms with Gasteiger partial charge in [0.1, 0.15) is 12.4 Å². The Bertz CT molecular complexity index is 750. The number of para-hydroxylation sites is 2. The number of hydrogen-bond acceptors (Lipinski definition) is 7. The molecule has 0 saturated carbocycles. The Balaban J connectivity index is 1.43. The number of aryl methyl sites for hydroxylation is 1. The van der Waals surface area contributed by atoms with Gasteiger partial charge in [-0.05, 0) is 19.1 Å². The lowest BCUT2D eigenvalue weighted by Crippen LogP contribution is -2.51. The number of nitrogens with one attached hydrogen (secondary N) is 3. The summed E-state index contributed by atoms with van der Waals surface area (Å²) in [5.41, 5.74) is 4.64. The van der Waals surface area contributed by atoms with E-state index in [1.54, 1.807) is 25.1 Å². The highest BCUT2D eigenvalue weighted by molar-refractivity contribution is 7.99. The van der Waals surface area contributed by atoms with Gasteiger partial charge in [-0.1, -0.05) is 23.9 Å². The molecule has 9 nitrogen and oxygen atoms in total. The number of carbonyl (C=O) groups is 2. The fourth-order valence-corrected chi connectivity index (χ4v) is 2.56. The van der Waals surface area contributed by atoms with Gasteiger partial charge >= 0.3 is 0 Å². The number of aromatic nitrogens is 3. The number of ether oxygens (including phenoxy) is 2. The molecule has 1 aromatic carbocycles. The van der Waals surface area contributed by atoms with Crippen LogP contribution in [0.15, 0.2) is 29.4 Å². The van der Waals surface area contributed by atoms with E-state index in [1.807, 2.05) is 6.07 Å². The van der Waals surface area contributed by atoms with Crippen LogP contribution in [-0.4, -0.2) is 45.5 Å². The molecule has 0 unspecified atom stereocenters. The number of aromatic amines is 1. The molecule has 0 saturated heterocycles. The normalized spacial score (nSPS) is 15.6. The largest absolute Gasteiger partial charge is 0.485 e. The quantitative estimate of drug-likeness (QED) is 0.533. The van der Waals surface area contributed by atoms with Gasteiger partial charge in [0, 0.05) is 0 Å². The summed E-state index contributed by atoms with van der Waals surface area (Å²) in [5, 5.41) is 7.05. The maximum Gasteiger partial charge on any atom is 0.283 e. The van der Waals surface area contributed by atoms with Crippen molar-refractivity contribution in [3.05, 3.63) is 30.1 Å². The minimum Gasteiger partial charge on any atom is -0.485 e. The van der Waals surface area contributed by atoms with Gasteiger partial charge in [-0.2, -0.15) is 0 Å². The Morgan fingerprint density at radius 1 is 1.33 bits per heavy atom. The lowest BCUT2D eigenvalue weighted by Gasteiger charge is -2.25. The molecule has 1 atom stereocenters. The number of rotatable bonds is 4. The van der Waals surface area contributed by atoms with Crippen molar-refractivity contribution >= 4 is 23.6 Å². The number of nitrogens with zero attached hydrogens (tertiary/aromatic N) is 2. The summed E-state index contributed by atoms with van der Waals surface area (Å²) in [6.07, 6.45) is -0.830. The smallest absolute Gasteiger partial charge is 0.283 e. The van der Waals surface area contributed by atoms with Gasteiger partial charge in [0.05, 0.1) is 5.75 Å². The summed E-state index contributed by atoms with van der Waals surface area (Å²) in [7, 11) is 0. The first-order valence-corrected chi connectivity index (χ1v) is 8.09. The number of hydrogen-bond donors (Lipinski definition) is 3. The molecule has 0 bridgehead atoms. The van der Waals surface area contributed by atoms with E-state index in [1.165, 1.54) is 0 Å². The van der Waals surface area contributed by atoms with Crippen molar-refractivity contribution in [2.45, 2.75) is 18.2 Å². The standard InChI is InChI=1S/C14H15N5O4S/c1-8-15-14(19-16-8)24-7-12(20)17-18-13(21)11-6-22-9-4-2-3-5-10(9)23-11/h2-5,11H,6-7H2,1H3,(H,17,20)(H,18,21)(H,15,16,19)/t11-/m0/s1. The first-order chi connectivity index (χ1) is 11.6. The number of carbonyl (C=O) groups excluding carboxylic acids is 2. The highest BCUT2D eigenvalue weighted by atomic mass is 32.2. The molecular weight excluding hydrogens is 334 g/mol. The van der Waals surface area contributed by atoms with Crippen LogP contribution in [0.3, 0.4) is 0 Å². The number of H-pyrrole nitrogens is 1. The summed E-state index contributed by atoms with van der Waals surface area (Å²) in [6.45, 7) is 1.84. The molecule has 10 heteroatoms. The topological polar surface area (TPSA) is 118 Å².